The van der Waals surface area contributed by atoms with Crippen LogP contribution in [-0.2, 0) is 0 Å². The zero-order valence-corrected chi connectivity index (χ0v) is 8.84. The van der Waals surface area contributed by atoms with Crippen molar-refractivity contribution in [3.8, 4) is 0 Å². The molecule has 0 unspecified atom stereocenters. The molecule has 0 aliphatic rings. The van der Waals surface area contributed by atoms with Crippen LogP contribution in [0.15, 0.2) is 0 Å². The molecule has 2 heteroatoms. The molecule has 0 atom stereocenters. The molecule has 74 valence electrons. The van der Waals surface area contributed by atoms with Gasteiger partial charge in [-0.05, 0) is 12.8 Å². The van der Waals surface area contributed by atoms with Crippen LogP contribution in [0.1, 0.15) is 39.5 Å². The third-order valence-corrected chi connectivity index (χ3v) is 2.44. The van der Waals surface area contributed by atoms with Crippen LogP contribution in [0.3, 0.4) is 0 Å². The van der Waals surface area contributed by atoms with Crippen molar-refractivity contribution in [2.75, 3.05) is 26.9 Å². The molecule has 12 heavy (non-hydrogen) atoms. The molecular formula is C10H24NO+. The van der Waals surface area contributed by atoms with E-state index in [1.807, 2.05) is 0 Å². The van der Waals surface area contributed by atoms with Crippen LogP contribution in [0.5, 0.6) is 0 Å². The summed E-state index contributed by atoms with van der Waals surface area (Å²) in [6, 6.07) is 0. The Hall–Kier alpha value is -0.0800. The minimum Gasteiger partial charge on any atom is -0.347 e. The van der Waals surface area contributed by atoms with E-state index < -0.39 is 0 Å². The average Bonchev–Trinajstić information content (AvgIpc) is 2.11. The van der Waals surface area contributed by atoms with Crippen LogP contribution in [0, 0.1) is 0 Å². The fourth-order valence-corrected chi connectivity index (χ4v) is 1.33. The molecule has 0 aromatic rings. The summed E-state index contributed by atoms with van der Waals surface area (Å²) < 4.78 is 0.835. The highest BCUT2D eigenvalue weighted by molar-refractivity contribution is 4.38. The maximum atomic E-state index is 9.21. The molecule has 0 saturated carbocycles. The van der Waals surface area contributed by atoms with Crippen molar-refractivity contribution in [1.29, 1.82) is 0 Å². The largest absolute Gasteiger partial charge is 0.347 e. The first-order valence-electron chi connectivity index (χ1n) is 5.13. The van der Waals surface area contributed by atoms with Gasteiger partial charge in [0, 0.05) is 0 Å². The Kier molecular flexibility index (Phi) is 6.39. The molecule has 0 aliphatic carbocycles. The van der Waals surface area contributed by atoms with Gasteiger partial charge in [-0.2, -0.15) is 0 Å². The van der Waals surface area contributed by atoms with Crippen LogP contribution in [0.25, 0.3) is 0 Å². The Morgan fingerprint density at radius 3 is 1.67 bits per heavy atom. The number of nitrogens with zero attached hydrogens (tertiary/aromatic N) is 1. The molecule has 0 heterocycles. The second-order valence-corrected chi connectivity index (χ2v) is 3.92. The highest BCUT2D eigenvalue weighted by Crippen LogP contribution is 2.06. The van der Waals surface area contributed by atoms with Crippen molar-refractivity contribution >= 4 is 0 Å². The summed E-state index contributed by atoms with van der Waals surface area (Å²) in [5.41, 5.74) is 0. The van der Waals surface area contributed by atoms with E-state index in [1.54, 1.807) is 0 Å². The second kappa shape index (κ2) is 6.44. The Balaban J connectivity index is 3.70. The van der Waals surface area contributed by atoms with Gasteiger partial charge in [0.2, 0.25) is 0 Å². The highest BCUT2D eigenvalue weighted by atomic mass is 16.3. The van der Waals surface area contributed by atoms with Gasteiger partial charge in [-0.1, -0.05) is 26.7 Å². The monoisotopic (exact) mass is 174 g/mol. The van der Waals surface area contributed by atoms with Gasteiger partial charge in [-0.3, -0.25) is 0 Å². The van der Waals surface area contributed by atoms with E-state index in [2.05, 4.69) is 20.9 Å². The van der Waals surface area contributed by atoms with Crippen LogP contribution in [0.2, 0.25) is 0 Å². The lowest BCUT2D eigenvalue weighted by Gasteiger charge is -2.32. The zero-order valence-electron chi connectivity index (χ0n) is 8.84. The van der Waals surface area contributed by atoms with Gasteiger partial charge < -0.3 is 9.59 Å². The maximum Gasteiger partial charge on any atom is 0.180 e. The van der Waals surface area contributed by atoms with Crippen molar-refractivity contribution in [2.24, 2.45) is 0 Å². The van der Waals surface area contributed by atoms with Crippen LogP contribution < -0.4 is 0 Å². The number of unbranched alkanes of at least 4 members (excludes halogenated alkanes) is 2. The normalized spacial score (nSPS) is 12.0. The molecule has 0 radical (unpaired) electrons. The molecule has 0 aromatic heterocycles. The van der Waals surface area contributed by atoms with Gasteiger partial charge in [-0.25, -0.2) is 0 Å². The van der Waals surface area contributed by atoms with Crippen LogP contribution >= 0.6 is 0 Å². The first-order valence-corrected chi connectivity index (χ1v) is 5.13. The Bertz CT molecular complexity index is 96.0. The number of quaternary nitrogens is 1. The first-order chi connectivity index (χ1) is 5.68. The SMILES string of the molecule is CCCC[N+](C)(CO)CCCC. The third kappa shape index (κ3) is 4.73. The summed E-state index contributed by atoms with van der Waals surface area (Å²) in [4.78, 5) is 0. The minimum absolute atomic E-state index is 0.292. The Morgan fingerprint density at radius 1 is 1.00 bits per heavy atom. The van der Waals surface area contributed by atoms with E-state index in [9.17, 15) is 5.11 Å². The maximum absolute atomic E-state index is 9.21. The number of hydrogen-bond acceptors (Lipinski definition) is 1. The lowest BCUT2D eigenvalue weighted by atomic mass is 10.2. The summed E-state index contributed by atoms with van der Waals surface area (Å²) in [5, 5.41) is 9.21. The summed E-state index contributed by atoms with van der Waals surface area (Å²) in [7, 11) is 2.14. The van der Waals surface area contributed by atoms with Crippen LogP contribution in [0.4, 0.5) is 0 Å². The van der Waals surface area contributed by atoms with E-state index in [0.29, 0.717) is 6.73 Å². The van der Waals surface area contributed by atoms with Crippen molar-refractivity contribution in [3.05, 3.63) is 0 Å². The number of rotatable bonds is 7. The standard InChI is InChI=1S/C10H24NO/c1-4-6-8-11(3,10-12)9-7-5-2/h12H,4-10H2,1-3H3/q+1. The highest BCUT2D eigenvalue weighted by Gasteiger charge is 2.17. The summed E-state index contributed by atoms with van der Waals surface area (Å²) >= 11 is 0. The number of hydrogen-bond donors (Lipinski definition) is 1. The number of aliphatic hydroxyl groups is 1. The molecular weight excluding hydrogens is 150 g/mol. The predicted molar refractivity (Wildman–Crippen MR) is 52.8 cm³/mol. The molecule has 0 bridgehead atoms. The Labute approximate surface area is 76.8 Å². The zero-order chi connectivity index (χ0) is 9.45. The molecule has 0 aliphatic heterocycles. The van der Waals surface area contributed by atoms with Crippen LogP contribution in [-0.4, -0.2) is 36.5 Å². The molecule has 1 N–H and O–H groups in total. The van der Waals surface area contributed by atoms with Gasteiger partial charge in [0.25, 0.3) is 0 Å². The smallest absolute Gasteiger partial charge is 0.180 e. The lowest BCUT2D eigenvalue weighted by Crippen LogP contribution is -2.46. The van der Waals surface area contributed by atoms with E-state index in [-0.39, 0.29) is 0 Å². The topological polar surface area (TPSA) is 20.2 Å². The quantitative estimate of drug-likeness (QED) is 0.462. The van der Waals surface area contributed by atoms with Gasteiger partial charge in [0.05, 0.1) is 20.1 Å². The van der Waals surface area contributed by atoms with E-state index in [4.69, 9.17) is 0 Å². The molecule has 0 rings (SSSR count). The van der Waals surface area contributed by atoms with Crippen molar-refractivity contribution in [1.82, 2.24) is 0 Å². The average molecular weight is 174 g/mol. The van der Waals surface area contributed by atoms with E-state index in [0.717, 1.165) is 17.6 Å². The molecule has 0 fully saturated rings. The van der Waals surface area contributed by atoms with Crippen molar-refractivity contribution in [3.63, 3.8) is 0 Å². The minimum atomic E-state index is 0.292. The van der Waals surface area contributed by atoms with E-state index >= 15 is 0 Å². The van der Waals surface area contributed by atoms with Gasteiger partial charge in [-0.15, -0.1) is 0 Å². The fourth-order valence-electron chi connectivity index (χ4n) is 1.33. The second-order valence-electron chi connectivity index (χ2n) is 3.92. The third-order valence-electron chi connectivity index (χ3n) is 2.44. The Morgan fingerprint density at radius 2 is 1.42 bits per heavy atom. The number of aliphatic hydroxyl groups excluding tert-OH is 1. The first kappa shape index (κ1) is 11.9. The summed E-state index contributed by atoms with van der Waals surface area (Å²) in [6.45, 7) is 6.92. The van der Waals surface area contributed by atoms with Crippen molar-refractivity contribution < 1.29 is 9.59 Å². The molecule has 0 amide bonds. The van der Waals surface area contributed by atoms with Gasteiger partial charge >= 0.3 is 0 Å². The molecule has 2 nitrogen and oxygen atoms in total. The fraction of sp³-hybridized carbons (Fsp3) is 1.00. The van der Waals surface area contributed by atoms with Gasteiger partial charge in [0.15, 0.2) is 6.73 Å². The predicted octanol–water partition coefficient (Wildman–Crippen LogP) is 1.98. The molecule has 0 spiro atoms. The lowest BCUT2D eigenvalue weighted by molar-refractivity contribution is -0.927. The molecule has 0 aromatic carbocycles. The van der Waals surface area contributed by atoms with E-state index in [1.165, 1.54) is 25.7 Å². The summed E-state index contributed by atoms with van der Waals surface area (Å²) in [5.74, 6) is 0. The van der Waals surface area contributed by atoms with Gasteiger partial charge in [0.1, 0.15) is 0 Å². The summed E-state index contributed by atoms with van der Waals surface area (Å²) in [6.07, 6.45) is 4.89. The van der Waals surface area contributed by atoms with Crippen molar-refractivity contribution in [2.45, 2.75) is 39.5 Å². The molecule has 0 saturated heterocycles.